The van der Waals surface area contributed by atoms with Gasteiger partial charge in [0.1, 0.15) is 23.3 Å². The van der Waals surface area contributed by atoms with Crippen molar-refractivity contribution in [2.24, 2.45) is 5.73 Å². The molecule has 0 aliphatic rings. The normalized spacial score (nSPS) is 13.6. The molecule has 0 radical (unpaired) electrons. The summed E-state index contributed by atoms with van der Waals surface area (Å²) in [6, 6.07) is 10.2. The van der Waals surface area contributed by atoms with E-state index in [4.69, 9.17) is 19.9 Å². The zero-order valence-electron chi connectivity index (χ0n) is 28.1. The van der Waals surface area contributed by atoms with Crippen molar-refractivity contribution in [1.82, 2.24) is 16.0 Å². The molecule has 3 amide bonds. The molecule has 0 bridgehead atoms. The molecule has 0 heterocycles. The minimum absolute atomic E-state index is 0.0666. The van der Waals surface area contributed by atoms with Gasteiger partial charge in [0.15, 0.2) is 0 Å². The molecule has 0 aromatic heterocycles. The molecule has 0 aliphatic carbocycles. The van der Waals surface area contributed by atoms with Crippen LogP contribution in [0.1, 0.15) is 79.2 Å². The first kappa shape index (κ1) is 38.0. The van der Waals surface area contributed by atoms with Gasteiger partial charge >= 0.3 is 23.9 Å². The van der Waals surface area contributed by atoms with E-state index in [0.717, 1.165) is 16.3 Å². The number of ether oxygens (including phenoxy) is 3. The van der Waals surface area contributed by atoms with Crippen molar-refractivity contribution in [2.45, 2.75) is 109 Å². The van der Waals surface area contributed by atoms with Crippen molar-refractivity contribution in [2.75, 3.05) is 13.7 Å². The molecule has 254 valence electrons. The zero-order valence-corrected chi connectivity index (χ0v) is 28.1. The Morgan fingerprint density at radius 3 is 2.00 bits per heavy atom. The summed E-state index contributed by atoms with van der Waals surface area (Å²) in [5.41, 5.74) is 5.57. The zero-order chi connectivity index (χ0) is 34.5. The third kappa shape index (κ3) is 14.3. The van der Waals surface area contributed by atoms with E-state index in [2.05, 4.69) is 16.0 Å². The van der Waals surface area contributed by atoms with Gasteiger partial charge in [-0.15, -0.1) is 0 Å². The maximum atomic E-state index is 12.9. The van der Waals surface area contributed by atoms with Crippen LogP contribution in [-0.2, 0) is 39.8 Å². The Hall–Kier alpha value is -4.19. The number of fused-ring (bicyclic) bond motifs is 1. The Labute approximate surface area is 271 Å². The van der Waals surface area contributed by atoms with E-state index in [9.17, 15) is 24.0 Å². The van der Waals surface area contributed by atoms with E-state index in [-0.39, 0.29) is 25.2 Å². The molecule has 2 unspecified atom stereocenters. The van der Waals surface area contributed by atoms with Crippen molar-refractivity contribution in [3.05, 3.63) is 48.0 Å². The first-order valence-corrected chi connectivity index (χ1v) is 15.6. The van der Waals surface area contributed by atoms with Gasteiger partial charge in [0.2, 0.25) is 5.91 Å². The van der Waals surface area contributed by atoms with Gasteiger partial charge in [-0.25, -0.2) is 14.4 Å². The summed E-state index contributed by atoms with van der Waals surface area (Å²) in [4.78, 5) is 62.9. The summed E-state index contributed by atoms with van der Waals surface area (Å²) < 4.78 is 15.6. The smallest absolute Gasteiger partial charge is 0.329 e. The maximum absolute atomic E-state index is 12.9. The molecular weight excluding hydrogens is 592 g/mol. The van der Waals surface area contributed by atoms with Crippen molar-refractivity contribution in [3.8, 4) is 0 Å². The lowest BCUT2D eigenvalue weighted by atomic mass is 10.0. The van der Waals surface area contributed by atoms with E-state index in [1.54, 1.807) is 41.5 Å². The molecule has 12 heteroatoms. The molecule has 2 aromatic rings. The van der Waals surface area contributed by atoms with Crippen molar-refractivity contribution < 1.29 is 38.2 Å². The number of amides is 3. The van der Waals surface area contributed by atoms with E-state index >= 15 is 0 Å². The average molecular weight is 643 g/mol. The molecular formula is C34H50N4O8. The highest BCUT2D eigenvalue weighted by molar-refractivity contribution is 5.87. The fourth-order valence-corrected chi connectivity index (χ4v) is 4.55. The van der Waals surface area contributed by atoms with Crippen LogP contribution in [0.2, 0.25) is 0 Å². The van der Waals surface area contributed by atoms with Crippen LogP contribution in [-0.4, -0.2) is 72.8 Å². The summed E-state index contributed by atoms with van der Waals surface area (Å²) in [7, 11) is 1.20. The second-order valence-electron chi connectivity index (χ2n) is 13.2. The molecule has 46 heavy (non-hydrogen) atoms. The lowest BCUT2D eigenvalue weighted by Gasteiger charge is -2.26. The van der Waals surface area contributed by atoms with Gasteiger partial charge < -0.3 is 35.9 Å². The molecule has 0 aliphatic heterocycles. The quantitative estimate of drug-likeness (QED) is 0.128. The van der Waals surface area contributed by atoms with Gasteiger partial charge in [-0.05, 0) is 90.0 Å². The Morgan fingerprint density at radius 2 is 1.39 bits per heavy atom. The number of methoxy groups -OCH3 is 1. The summed E-state index contributed by atoms with van der Waals surface area (Å²) in [6.45, 7) is 10.6. The van der Waals surface area contributed by atoms with E-state index in [1.165, 1.54) is 7.11 Å². The number of nitrogens with one attached hydrogen (secondary N) is 3. The fraction of sp³-hybridized carbons (Fsp3) is 0.559. The number of rotatable bonds is 15. The number of esters is 3. The number of urea groups is 1. The highest BCUT2D eigenvalue weighted by Crippen LogP contribution is 2.17. The number of carbonyl (C=O) groups excluding carboxylic acids is 5. The summed E-state index contributed by atoms with van der Waals surface area (Å²) >= 11 is 0. The van der Waals surface area contributed by atoms with Crippen LogP contribution in [0.5, 0.6) is 0 Å². The van der Waals surface area contributed by atoms with Crippen LogP contribution in [0.15, 0.2) is 42.5 Å². The molecule has 0 saturated carbocycles. The summed E-state index contributed by atoms with van der Waals surface area (Å²) in [5, 5.41) is 10.1. The maximum Gasteiger partial charge on any atom is 0.329 e. The first-order chi connectivity index (χ1) is 21.5. The Kier molecular flexibility index (Phi) is 14.4. The highest BCUT2D eigenvalue weighted by atomic mass is 16.6. The number of hydrogen-bond donors (Lipinski definition) is 4. The number of carbonyl (C=O) groups is 5. The summed E-state index contributed by atoms with van der Waals surface area (Å²) in [6.07, 6.45) is 1.38. The Bertz CT molecular complexity index is 1350. The van der Waals surface area contributed by atoms with Crippen LogP contribution in [0.3, 0.4) is 0 Å². The first-order valence-electron chi connectivity index (χ1n) is 15.6. The van der Waals surface area contributed by atoms with Gasteiger partial charge in [-0.2, -0.15) is 0 Å². The minimum Gasteiger partial charge on any atom is -0.467 e. The number of nitrogens with two attached hydrogens (primary N) is 1. The topological polar surface area (TPSA) is 175 Å². The lowest BCUT2D eigenvalue weighted by molar-refractivity contribution is -0.158. The van der Waals surface area contributed by atoms with E-state index in [0.29, 0.717) is 25.8 Å². The van der Waals surface area contributed by atoms with Crippen molar-refractivity contribution in [1.29, 1.82) is 0 Å². The Balaban J connectivity index is 1.87. The SMILES string of the molecule is COC(=O)C(CCCCNC(=O)C(N)Cc1ccc2ccccc2c1)NC(=O)N[C@@H](CCC(=O)OC(C)(C)C)C(=O)OC(C)(C)C. The van der Waals surface area contributed by atoms with E-state index in [1.807, 2.05) is 42.5 Å². The fourth-order valence-electron chi connectivity index (χ4n) is 4.55. The number of benzene rings is 2. The molecule has 12 nitrogen and oxygen atoms in total. The van der Waals surface area contributed by atoms with Crippen LogP contribution >= 0.6 is 0 Å². The molecule has 5 N–H and O–H groups in total. The molecule has 3 atom stereocenters. The highest BCUT2D eigenvalue weighted by Gasteiger charge is 2.30. The Morgan fingerprint density at radius 1 is 0.783 bits per heavy atom. The largest absolute Gasteiger partial charge is 0.467 e. The third-order valence-corrected chi connectivity index (χ3v) is 6.67. The molecule has 0 fully saturated rings. The van der Waals surface area contributed by atoms with Gasteiger partial charge in [0.05, 0.1) is 13.2 Å². The molecule has 0 saturated heterocycles. The predicted molar refractivity (Wildman–Crippen MR) is 175 cm³/mol. The monoisotopic (exact) mass is 642 g/mol. The standard InChI is InChI=1S/C34H50N4O8/c1-33(2,3)45-28(39)18-17-27(31(42)46-34(4,5)6)38-32(43)37-26(30(41)44-7)14-10-11-19-36-29(40)25(35)21-22-15-16-23-12-8-9-13-24(23)20-22/h8-9,12-13,15-16,20,25-27H,10-11,14,17-19,21,35H2,1-7H3,(H,36,40)(H2,37,38,43)/t25?,26?,27-/m0/s1. The number of unbranched alkanes of at least 4 members (excludes halogenated alkanes) is 1. The van der Waals surface area contributed by atoms with E-state index < -0.39 is 53.3 Å². The lowest BCUT2D eigenvalue weighted by Crippen LogP contribution is -2.52. The van der Waals surface area contributed by atoms with Crippen molar-refractivity contribution >= 4 is 40.6 Å². The van der Waals surface area contributed by atoms with Gasteiger partial charge in [-0.3, -0.25) is 9.59 Å². The van der Waals surface area contributed by atoms with Gasteiger partial charge in [0.25, 0.3) is 0 Å². The minimum atomic E-state index is -1.17. The van der Waals surface area contributed by atoms with Crippen molar-refractivity contribution in [3.63, 3.8) is 0 Å². The van der Waals surface area contributed by atoms with Crippen LogP contribution < -0.4 is 21.7 Å². The molecule has 2 aromatic carbocycles. The average Bonchev–Trinajstić information content (AvgIpc) is 2.95. The molecule has 2 rings (SSSR count). The number of hydrogen-bond acceptors (Lipinski definition) is 9. The second kappa shape index (κ2) is 17.5. The summed E-state index contributed by atoms with van der Waals surface area (Å²) in [5.74, 6) is -2.21. The second-order valence-corrected chi connectivity index (χ2v) is 13.2. The van der Waals surface area contributed by atoms with Gasteiger partial charge in [0, 0.05) is 13.0 Å². The molecule has 0 spiro atoms. The third-order valence-electron chi connectivity index (χ3n) is 6.67. The van der Waals surface area contributed by atoms with Crippen LogP contribution in [0.25, 0.3) is 10.8 Å². The van der Waals surface area contributed by atoms with Crippen LogP contribution in [0, 0.1) is 0 Å². The van der Waals surface area contributed by atoms with Gasteiger partial charge in [-0.1, -0.05) is 42.5 Å². The predicted octanol–water partition coefficient (Wildman–Crippen LogP) is 3.67. The van der Waals surface area contributed by atoms with Crippen LogP contribution in [0.4, 0.5) is 4.79 Å².